The summed E-state index contributed by atoms with van der Waals surface area (Å²) in [6.07, 6.45) is 1.95. The molecule has 3 rings (SSSR count). The van der Waals surface area contributed by atoms with E-state index in [0.717, 1.165) is 11.3 Å². The Balaban J connectivity index is 2.04. The van der Waals surface area contributed by atoms with Crippen LogP contribution in [-0.4, -0.2) is 16.4 Å². The molecular weight excluding hydrogens is 309 g/mol. The quantitative estimate of drug-likeness (QED) is 0.784. The van der Waals surface area contributed by atoms with E-state index in [2.05, 4.69) is 10.3 Å². The number of halogens is 2. The zero-order valence-electron chi connectivity index (χ0n) is 11.3. The minimum Gasteiger partial charge on any atom is -0.437 e. The van der Waals surface area contributed by atoms with Gasteiger partial charge in [0.2, 0.25) is 5.88 Å². The number of hydrogen-bond donors (Lipinski definition) is 1. The molecule has 0 fully saturated rings. The van der Waals surface area contributed by atoms with Gasteiger partial charge in [-0.2, -0.15) is 4.98 Å². The van der Waals surface area contributed by atoms with Crippen LogP contribution in [0, 0.1) is 0 Å². The third kappa shape index (κ3) is 2.97. The van der Waals surface area contributed by atoms with Crippen molar-refractivity contribution in [3.63, 3.8) is 0 Å². The van der Waals surface area contributed by atoms with Gasteiger partial charge < -0.3 is 10.1 Å². The summed E-state index contributed by atoms with van der Waals surface area (Å²) in [5, 5.41) is 4.17. The van der Waals surface area contributed by atoms with Gasteiger partial charge in [-0.3, -0.25) is 4.40 Å². The molecular formula is C15H13Cl2N3O. The lowest BCUT2D eigenvalue weighted by Gasteiger charge is -2.07. The van der Waals surface area contributed by atoms with Crippen molar-refractivity contribution in [2.24, 2.45) is 0 Å². The fraction of sp³-hybridized carbons (Fsp3) is 0.133. The summed E-state index contributed by atoms with van der Waals surface area (Å²) in [6, 6.07) is 10.9. The molecule has 21 heavy (non-hydrogen) atoms. The Bertz CT molecular complexity index is 765. The molecule has 3 aromatic rings. The van der Waals surface area contributed by atoms with Crippen LogP contribution in [0.5, 0.6) is 11.6 Å². The Kier molecular flexibility index (Phi) is 4.01. The molecule has 2 aromatic heterocycles. The van der Waals surface area contributed by atoms with Crippen LogP contribution in [0.15, 0.2) is 42.6 Å². The molecule has 0 saturated heterocycles. The molecule has 1 N–H and O–H groups in total. The Morgan fingerprint density at radius 1 is 1.19 bits per heavy atom. The predicted molar refractivity (Wildman–Crippen MR) is 84.5 cm³/mol. The average Bonchev–Trinajstić information content (AvgIpc) is 2.76. The first-order valence-corrected chi connectivity index (χ1v) is 7.17. The third-order valence-electron chi connectivity index (χ3n) is 2.99. The maximum atomic E-state index is 5.99. The highest BCUT2D eigenvalue weighted by Crippen LogP contribution is 2.30. The number of ether oxygens (including phenoxy) is 1. The number of fused-ring (bicyclic) bond motifs is 1. The third-order valence-corrected chi connectivity index (χ3v) is 3.42. The van der Waals surface area contributed by atoms with Crippen molar-refractivity contribution in [1.82, 2.24) is 14.7 Å². The second-order valence-electron chi connectivity index (χ2n) is 4.53. The van der Waals surface area contributed by atoms with Crippen molar-refractivity contribution in [3.8, 4) is 11.6 Å². The van der Waals surface area contributed by atoms with Crippen LogP contribution < -0.4 is 10.1 Å². The topological polar surface area (TPSA) is 38.6 Å². The molecule has 6 heteroatoms. The molecule has 0 aliphatic carbocycles. The molecule has 4 nitrogen and oxygen atoms in total. The lowest BCUT2D eigenvalue weighted by Crippen LogP contribution is -2.08. The van der Waals surface area contributed by atoms with E-state index in [1.807, 2.05) is 35.8 Å². The minimum atomic E-state index is 0.524. The van der Waals surface area contributed by atoms with Gasteiger partial charge in [-0.25, -0.2) is 0 Å². The standard InChI is InChI=1S/C15H13Cl2N3O/c1-18-9-13-15(19-14-4-2-3-5-20(13)14)21-12-7-10(16)6-11(17)8-12/h2-8,18H,9H2,1H3. The summed E-state index contributed by atoms with van der Waals surface area (Å²) in [7, 11) is 1.88. The van der Waals surface area contributed by atoms with Gasteiger partial charge in [-0.15, -0.1) is 0 Å². The van der Waals surface area contributed by atoms with Gasteiger partial charge >= 0.3 is 0 Å². The van der Waals surface area contributed by atoms with E-state index in [-0.39, 0.29) is 0 Å². The zero-order valence-corrected chi connectivity index (χ0v) is 12.8. The number of hydrogen-bond acceptors (Lipinski definition) is 3. The van der Waals surface area contributed by atoms with E-state index in [1.165, 1.54) is 0 Å². The van der Waals surface area contributed by atoms with Crippen LogP contribution in [0.4, 0.5) is 0 Å². The number of benzene rings is 1. The van der Waals surface area contributed by atoms with E-state index in [0.29, 0.717) is 28.2 Å². The van der Waals surface area contributed by atoms with Crippen LogP contribution >= 0.6 is 23.2 Å². The lowest BCUT2D eigenvalue weighted by atomic mass is 10.3. The number of nitrogens with zero attached hydrogens (tertiary/aromatic N) is 2. The number of aromatic nitrogens is 2. The monoisotopic (exact) mass is 321 g/mol. The average molecular weight is 322 g/mol. The smallest absolute Gasteiger partial charge is 0.242 e. The van der Waals surface area contributed by atoms with Gasteiger partial charge in [0.05, 0.1) is 0 Å². The van der Waals surface area contributed by atoms with E-state index in [9.17, 15) is 0 Å². The van der Waals surface area contributed by atoms with E-state index < -0.39 is 0 Å². The largest absolute Gasteiger partial charge is 0.437 e. The highest BCUT2D eigenvalue weighted by molar-refractivity contribution is 6.34. The number of nitrogens with one attached hydrogen (secondary N) is 1. The molecule has 0 bridgehead atoms. The van der Waals surface area contributed by atoms with E-state index >= 15 is 0 Å². The van der Waals surface area contributed by atoms with Crippen LogP contribution in [0.1, 0.15) is 5.69 Å². The van der Waals surface area contributed by atoms with Crippen LogP contribution in [0.2, 0.25) is 10.0 Å². The molecule has 0 radical (unpaired) electrons. The molecule has 0 amide bonds. The predicted octanol–water partition coefficient (Wildman–Crippen LogP) is 4.15. The van der Waals surface area contributed by atoms with Gasteiger partial charge in [0.1, 0.15) is 17.1 Å². The first-order valence-electron chi connectivity index (χ1n) is 6.42. The Hall–Kier alpha value is -1.75. The molecule has 0 spiro atoms. The summed E-state index contributed by atoms with van der Waals surface area (Å²) < 4.78 is 7.85. The summed E-state index contributed by atoms with van der Waals surface area (Å²) in [5.74, 6) is 1.10. The summed E-state index contributed by atoms with van der Waals surface area (Å²) in [5.41, 5.74) is 1.76. The minimum absolute atomic E-state index is 0.524. The SMILES string of the molecule is CNCc1c(Oc2cc(Cl)cc(Cl)c2)nc2ccccn12. The van der Waals surface area contributed by atoms with E-state index in [4.69, 9.17) is 27.9 Å². The first kappa shape index (κ1) is 14.2. The normalized spacial score (nSPS) is 11.0. The molecule has 0 aliphatic rings. The maximum Gasteiger partial charge on any atom is 0.242 e. The van der Waals surface area contributed by atoms with Crippen LogP contribution in [0.25, 0.3) is 5.65 Å². The Labute approximate surface area is 132 Å². The fourth-order valence-electron chi connectivity index (χ4n) is 2.13. The summed E-state index contributed by atoms with van der Waals surface area (Å²) in [6.45, 7) is 0.634. The molecule has 2 heterocycles. The lowest BCUT2D eigenvalue weighted by molar-refractivity contribution is 0.457. The number of rotatable bonds is 4. The molecule has 108 valence electrons. The fourth-order valence-corrected chi connectivity index (χ4v) is 2.64. The molecule has 0 aliphatic heterocycles. The number of pyridine rings is 1. The zero-order chi connectivity index (χ0) is 14.8. The van der Waals surface area contributed by atoms with Gasteiger partial charge in [-0.1, -0.05) is 29.3 Å². The summed E-state index contributed by atoms with van der Waals surface area (Å²) >= 11 is 12.0. The summed E-state index contributed by atoms with van der Waals surface area (Å²) in [4.78, 5) is 4.50. The second-order valence-corrected chi connectivity index (χ2v) is 5.40. The van der Waals surface area contributed by atoms with Crippen molar-refractivity contribution in [2.75, 3.05) is 7.05 Å². The first-order chi connectivity index (χ1) is 10.2. The van der Waals surface area contributed by atoms with Gasteiger partial charge in [0.15, 0.2) is 0 Å². The Morgan fingerprint density at radius 2 is 1.95 bits per heavy atom. The molecule has 1 aromatic carbocycles. The molecule has 0 saturated carbocycles. The van der Waals surface area contributed by atoms with Gasteiger partial charge in [0.25, 0.3) is 0 Å². The highest BCUT2D eigenvalue weighted by Gasteiger charge is 2.13. The van der Waals surface area contributed by atoms with Crippen molar-refractivity contribution >= 4 is 28.8 Å². The molecule has 0 unspecified atom stereocenters. The van der Waals surface area contributed by atoms with Crippen molar-refractivity contribution < 1.29 is 4.74 Å². The maximum absolute atomic E-state index is 5.99. The number of imidazole rings is 1. The second kappa shape index (κ2) is 5.93. The Morgan fingerprint density at radius 3 is 2.67 bits per heavy atom. The van der Waals surface area contributed by atoms with Crippen molar-refractivity contribution in [3.05, 3.63) is 58.3 Å². The van der Waals surface area contributed by atoms with Crippen molar-refractivity contribution in [1.29, 1.82) is 0 Å². The van der Waals surface area contributed by atoms with Crippen LogP contribution in [-0.2, 0) is 6.54 Å². The van der Waals surface area contributed by atoms with Crippen molar-refractivity contribution in [2.45, 2.75) is 6.54 Å². The van der Waals surface area contributed by atoms with Gasteiger partial charge in [0, 0.05) is 22.8 Å². The molecule has 0 atom stereocenters. The van der Waals surface area contributed by atoms with Crippen LogP contribution in [0.3, 0.4) is 0 Å². The highest BCUT2D eigenvalue weighted by atomic mass is 35.5. The van der Waals surface area contributed by atoms with Gasteiger partial charge in [-0.05, 0) is 37.4 Å². The van der Waals surface area contributed by atoms with E-state index in [1.54, 1.807) is 18.2 Å².